The second kappa shape index (κ2) is 8.12. The van der Waals surface area contributed by atoms with Gasteiger partial charge in [-0.25, -0.2) is 0 Å². The van der Waals surface area contributed by atoms with Crippen molar-refractivity contribution >= 4 is 11.8 Å². The fourth-order valence-corrected chi connectivity index (χ4v) is 2.11. The Morgan fingerprint density at radius 2 is 2.11 bits per heavy atom. The molecule has 2 N–H and O–H groups in total. The Bertz CT molecular complexity index is 310. The van der Waals surface area contributed by atoms with Crippen LogP contribution in [0.5, 0.6) is 0 Å². The Morgan fingerprint density at radius 1 is 1.37 bits per heavy atom. The van der Waals surface area contributed by atoms with E-state index in [9.17, 15) is 9.59 Å². The molecule has 1 fully saturated rings. The lowest BCUT2D eigenvalue weighted by atomic mass is 10.1. The summed E-state index contributed by atoms with van der Waals surface area (Å²) in [4.78, 5) is 26.0. The van der Waals surface area contributed by atoms with Gasteiger partial charge >= 0.3 is 0 Å². The molecular weight excluding hydrogens is 246 g/mol. The molecular formula is C13H25N3O3. The highest BCUT2D eigenvalue weighted by Gasteiger charge is 2.34. The standard InChI is InChI=1S/C13H25N3O3/c1-4-14-8-10(3)13(18)16-6-7-19-9-11(16)12(17)15-5-2/h10-11,14H,4-9H2,1-3H3,(H,15,17). The Morgan fingerprint density at radius 3 is 2.74 bits per heavy atom. The average Bonchev–Trinajstić information content (AvgIpc) is 2.44. The summed E-state index contributed by atoms with van der Waals surface area (Å²) < 4.78 is 5.32. The van der Waals surface area contributed by atoms with Crippen molar-refractivity contribution in [2.24, 2.45) is 5.92 Å². The summed E-state index contributed by atoms with van der Waals surface area (Å²) >= 11 is 0. The molecule has 0 aromatic carbocycles. The maximum atomic E-state index is 12.4. The van der Waals surface area contributed by atoms with Crippen LogP contribution in [0.3, 0.4) is 0 Å². The van der Waals surface area contributed by atoms with Crippen LogP contribution in [-0.2, 0) is 14.3 Å². The summed E-state index contributed by atoms with van der Waals surface area (Å²) in [6.07, 6.45) is 0. The van der Waals surface area contributed by atoms with Gasteiger partial charge in [0.25, 0.3) is 0 Å². The largest absolute Gasteiger partial charge is 0.377 e. The highest BCUT2D eigenvalue weighted by Crippen LogP contribution is 2.12. The van der Waals surface area contributed by atoms with Crippen molar-refractivity contribution in [2.75, 3.05) is 39.4 Å². The molecule has 2 atom stereocenters. The lowest BCUT2D eigenvalue weighted by molar-refractivity contribution is -0.151. The number of nitrogens with zero attached hydrogens (tertiary/aromatic N) is 1. The van der Waals surface area contributed by atoms with Crippen LogP contribution in [-0.4, -0.2) is 62.1 Å². The highest BCUT2D eigenvalue weighted by molar-refractivity contribution is 5.88. The minimum atomic E-state index is -0.495. The normalized spacial score (nSPS) is 21.0. The van der Waals surface area contributed by atoms with Gasteiger partial charge in [-0.05, 0) is 13.5 Å². The minimum absolute atomic E-state index is 0.0144. The smallest absolute Gasteiger partial charge is 0.245 e. The Kier molecular flexibility index (Phi) is 6.80. The first-order valence-corrected chi connectivity index (χ1v) is 6.98. The van der Waals surface area contributed by atoms with Gasteiger partial charge < -0.3 is 20.3 Å². The molecule has 0 aromatic heterocycles. The SMILES string of the molecule is CCNCC(C)C(=O)N1CCOCC1C(=O)NCC. The van der Waals surface area contributed by atoms with Gasteiger partial charge in [0.05, 0.1) is 13.2 Å². The van der Waals surface area contributed by atoms with Gasteiger partial charge in [-0.1, -0.05) is 13.8 Å². The molecule has 0 aliphatic carbocycles. The topological polar surface area (TPSA) is 70.7 Å². The molecule has 2 unspecified atom stereocenters. The van der Waals surface area contributed by atoms with Crippen LogP contribution >= 0.6 is 0 Å². The van der Waals surface area contributed by atoms with Crippen molar-refractivity contribution in [3.05, 3.63) is 0 Å². The van der Waals surface area contributed by atoms with Crippen LogP contribution in [0.15, 0.2) is 0 Å². The number of carbonyl (C=O) groups excluding carboxylic acids is 2. The second-order valence-electron chi connectivity index (χ2n) is 4.73. The van der Waals surface area contributed by atoms with Crippen molar-refractivity contribution in [2.45, 2.75) is 26.8 Å². The van der Waals surface area contributed by atoms with Crippen LogP contribution in [0.4, 0.5) is 0 Å². The van der Waals surface area contributed by atoms with Crippen molar-refractivity contribution < 1.29 is 14.3 Å². The van der Waals surface area contributed by atoms with Crippen molar-refractivity contribution in [3.8, 4) is 0 Å². The van der Waals surface area contributed by atoms with Crippen molar-refractivity contribution in [1.29, 1.82) is 0 Å². The molecule has 0 bridgehead atoms. The van der Waals surface area contributed by atoms with Gasteiger partial charge in [-0.15, -0.1) is 0 Å². The summed E-state index contributed by atoms with van der Waals surface area (Å²) in [5, 5.41) is 5.91. The molecule has 1 rings (SSSR count). The quantitative estimate of drug-likeness (QED) is 0.689. The van der Waals surface area contributed by atoms with Gasteiger partial charge in [-0.3, -0.25) is 9.59 Å². The number of likely N-dealkylation sites (N-methyl/N-ethyl adjacent to an activating group) is 1. The third-order valence-corrected chi connectivity index (χ3v) is 3.19. The van der Waals surface area contributed by atoms with Crippen LogP contribution in [0.2, 0.25) is 0 Å². The van der Waals surface area contributed by atoms with Gasteiger partial charge in [-0.2, -0.15) is 0 Å². The maximum absolute atomic E-state index is 12.4. The van der Waals surface area contributed by atoms with E-state index in [1.165, 1.54) is 0 Å². The fraction of sp³-hybridized carbons (Fsp3) is 0.846. The number of amides is 2. The zero-order valence-electron chi connectivity index (χ0n) is 12.1. The third-order valence-electron chi connectivity index (χ3n) is 3.19. The molecule has 0 aromatic rings. The molecule has 6 nitrogen and oxygen atoms in total. The number of carbonyl (C=O) groups is 2. The van der Waals surface area contributed by atoms with E-state index in [1.54, 1.807) is 4.90 Å². The molecule has 19 heavy (non-hydrogen) atoms. The number of hydrogen-bond acceptors (Lipinski definition) is 4. The fourth-order valence-electron chi connectivity index (χ4n) is 2.11. The number of ether oxygens (including phenoxy) is 1. The van der Waals surface area contributed by atoms with E-state index in [4.69, 9.17) is 4.74 Å². The average molecular weight is 271 g/mol. The maximum Gasteiger partial charge on any atom is 0.245 e. The van der Waals surface area contributed by atoms with E-state index in [2.05, 4.69) is 10.6 Å². The lowest BCUT2D eigenvalue weighted by Gasteiger charge is -2.36. The molecule has 6 heteroatoms. The van der Waals surface area contributed by atoms with E-state index < -0.39 is 6.04 Å². The monoisotopic (exact) mass is 271 g/mol. The van der Waals surface area contributed by atoms with Crippen LogP contribution in [0.25, 0.3) is 0 Å². The zero-order valence-corrected chi connectivity index (χ0v) is 12.1. The number of hydrogen-bond donors (Lipinski definition) is 2. The molecule has 0 saturated carbocycles. The molecule has 110 valence electrons. The summed E-state index contributed by atoms with van der Waals surface area (Å²) in [6, 6.07) is -0.495. The first kappa shape index (κ1) is 15.9. The molecule has 1 heterocycles. The number of rotatable bonds is 6. The molecule has 0 radical (unpaired) electrons. The lowest BCUT2D eigenvalue weighted by Crippen LogP contribution is -2.57. The van der Waals surface area contributed by atoms with E-state index in [1.807, 2.05) is 20.8 Å². The molecule has 1 aliphatic rings. The predicted molar refractivity (Wildman–Crippen MR) is 72.7 cm³/mol. The zero-order chi connectivity index (χ0) is 14.3. The molecule has 1 aliphatic heterocycles. The van der Waals surface area contributed by atoms with Crippen molar-refractivity contribution in [3.63, 3.8) is 0 Å². The summed E-state index contributed by atoms with van der Waals surface area (Å²) in [5.41, 5.74) is 0. The van der Waals surface area contributed by atoms with Crippen LogP contribution < -0.4 is 10.6 Å². The highest BCUT2D eigenvalue weighted by atomic mass is 16.5. The summed E-state index contributed by atoms with van der Waals surface area (Å²) in [7, 11) is 0. The summed E-state index contributed by atoms with van der Waals surface area (Å²) in [5.74, 6) is -0.248. The first-order chi connectivity index (χ1) is 9.11. The Labute approximate surface area is 114 Å². The Balaban J connectivity index is 2.65. The Hall–Kier alpha value is -1.14. The van der Waals surface area contributed by atoms with Crippen LogP contribution in [0, 0.1) is 5.92 Å². The summed E-state index contributed by atoms with van der Waals surface area (Å²) in [6.45, 7) is 9.04. The predicted octanol–water partition coefficient (Wildman–Crippen LogP) is -0.404. The molecule has 0 spiro atoms. The van der Waals surface area contributed by atoms with E-state index in [0.717, 1.165) is 6.54 Å². The first-order valence-electron chi connectivity index (χ1n) is 6.98. The van der Waals surface area contributed by atoms with Gasteiger partial charge in [0.15, 0.2) is 0 Å². The van der Waals surface area contributed by atoms with E-state index in [-0.39, 0.29) is 24.3 Å². The molecule has 1 saturated heterocycles. The van der Waals surface area contributed by atoms with E-state index in [0.29, 0.717) is 26.2 Å². The van der Waals surface area contributed by atoms with Gasteiger partial charge in [0.2, 0.25) is 11.8 Å². The van der Waals surface area contributed by atoms with Gasteiger partial charge in [0, 0.05) is 25.6 Å². The van der Waals surface area contributed by atoms with E-state index >= 15 is 0 Å². The second-order valence-corrected chi connectivity index (χ2v) is 4.73. The number of nitrogens with one attached hydrogen (secondary N) is 2. The molecule has 2 amide bonds. The third kappa shape index (κ3) is 4.47. The van der Waals surface area contributed by atoms with Crippen molar-refractivity contribution in [1.82, 2.24) is 15.5 Å². The minimum Gasteiger partial charge on any atom is -0.377 e. The number of morpholine rings is 1. The van der Waals surface area contributed by atoms with Crippen LogP contribution in [0.1, 0.15) is 20.8 Å². The van der Waals surface area contributed by atoms with Gasteiger partial charge in [0.1, 0.15) is 6.04 Å².